The molecule has 0 aliphatic carbocycles. The minimum Gasteiger partial charge on any atom is -0.478 e. The van der Waals surface area contributed by atoms with Gasteiger partial charge in [0, 0.05) is 24.0 Å². The van der Waals surface area contributed by atoms with Gasteiger partial charge in [0.1, 0.15) is 0 Å². The normalized spacial score (nSPS) is 23.1. The molecule has 1 unspecified atom stereocenters. The van der Waals surface area contributed by atoms with E-state index >= 15 is 0 Å². The van der Waals surface area contributed by atoms with Crippen molar-refractivity contribution >= 4 is 33.4 Å². The first-order valence-corrected chi connectivity index (χ1v) is 8.32. The highest BCUT2D eigenvalue weighted by molar-refractivity contribution is 7.89. The van der Waals surface area contributed by atoms with Gasteiger partial charge in [-0.25, -0.2) is 13.2 Å². The van der Waals surface area contributed by atoms with E-state index in [0.717, 1.165) is 16.5 Å². The molecule has 0 spiro atoms. The van der Waals surface area contributed by atoms with Gasteiger partial charge in [-0.1, -0.05) is 6.92 Å². The minimum atomic E-state index is -3.12. The lowest BCUT2D eigenvalue weighted by molar-refractivity contribution is -0.131. The highest BCUT2D eigenvalue weighted by Crippen LogP contribution is 2.24. The molecule has 0 saturated carbocycles. The Morgan fingerprint density at radius 3 is 2.95 bits per heavy atom. The molecule has 7 heteroatoms. The lowest BCUT2D eigenvalue weighted by Gasteiger charge is -2.12. The largest absolute Gasteiger partial charge is 0.478 e. The Morgan fingerprint density at radius 1 is 1.63 bits per heavy atom. The van der Waals surface area contributed by atoms with E-state index in [4.69, 9.17) is 5.11 Å². The van der Waals surface area contributed by atoms with E-state index < -0.39 is 16.0 Å². The van der Waals surface area contributed by atoms with E-state index in [1.165, 1.54) is 21.7 Å². The number of nitrogens with zero attached hydrogens (tertiary/aromatic N) is 1. The summed E-state index contributed by atoms with van der Waals surface area (Å²) in [6.45, 7) is 2.85. The number of thiophene rings is 1. The average molecular weight is 301 g/mol. The van der Waals surface area contributed by atoms with Crippen LogP contribution in [-0.4, -0.2) is 36.1 Å². The third-order valence-corrected chi connectivity index (χ3v) is 5.82. The van der Waals surface area contributed by atoms with Gasteiger partial charge in [0.25, 0.3) is 0 Å². The van der Waals surface area contributed by atoms with Crippen LogP contribution in [-0.2, 0) is 21.4 Å². The monoisotopic (exact) mass is 301 g/mol. The fraction of sp³-hybridized carbons (Fsp3) is 0.417. The predicted octanol–water partition coefficient (Wildman–Crippen LogP) is 1.63. The van der Waals surface area contributed by atoms with Gasteiger partial charge in [-0.2, -0.15) is 4.31 Å². The van der Waals surface area contributed by atoms with Crippen LogP contribution in [0.1, 0.15) is 17.4 Å². The van der Waals surface area contributed by atoms with Crippen LogP contribution in [0.25, 0.3) is 6.08 Å². The number of rotatable bonds is 4. The zero-order valence-electron chi connectivity index (χ0n) is 10.4. The quantitative estimate of drug-likeness (QED) is 0.858. The second-order valence-corrected chi connectivity index (χ2v) is 7.70. The first-order chi connectivity index (χ1) is 8.87. The number of hydrogen-bond acceptors (Lipinski definition) is 4. The number of carboxylic acids is 1. The molecule has 1 fully saturated rings. The molecule has 2 heterocycles. The van der Waals surface area contributed by atoms with Crippen LogP contribution in [0.15, 0.2) is 17.5 Å². The number of sulfonamides is 1. The van der Waals surface area contributed by atoms with Crippen molar-refractivity contribution in [2.45, 2.75) is 13.5 Å². The summed E-state index contributed by atoms with van der Waals surface area (Å²) in [4.78, 5) is 11.3. The van der Waals surface area contributed by atoms with E-state index in [1.54, 1.807) is 0 Å². The van der Waals surface area contributed by atoms with Crippen LogP contribution in [0.4, 0.5) is 0 Å². The second kappa shape index (κ2) is 5.44. The lowest BCUT2D eigenvalue weighted by atomic mass is 10.2. The second-order valence-electron chi connectivity index (χ2n) is 4.69. The van der Waals surface area contributed by atoms with Gasteiger partial charge in [0.15, 0.2) is 0 Å². The molecule has 5 nitrogen and oxygen atoms in total. The van der Waals surface area contributed by atoms with Gasteiger partial charge in [-0.05, 0) is 29.0 Å². The zero-order valence-corrected chi connectivity index (χ0v) is 12.1. The topological polar surface area (TPSA) is 74.7 Å². The summed E-state index contributed by atoms with van der Waals surface area (Å²) in [5, 5.41) is 10.4. The van der Waals surface area contributed by atoms with Gasteiger partial charge >= 0.3 is 5.97 Å². The summed E-state index contributed by atoms with van der Waals surface area (Å²) >= 11 is 1.44. The van der Waals surface area contributed by atoms with E-state index in [2.05, 4.69) is 0 Å². The number of hydrogen-bond donors (Lipinski definition) is 1. The van der Waals surface area contributed by atoms with Crippen molar-refractivity contribution in [1.82, 2.24) is 4.31 Å². The van der Waals surface area contributed by atoms with Crippen LogP contribution < -0.4 is 0 Å². The summed E-state index contributed by atoms with van der Waals surface area (Å²) in [6, 6.07) is 1.82. The number of aliphatic carboxylic acids is 1. The Morgan fingerprint density at radius 2 is 2.37 bits per heavy atom. The molecule has 19 heavy (non-hydrogen) atoms. The van der Waals surface area contributed by atoms with E-state index in [0.29, 0.717) is 13.1 Å². The number of carboxylic acid groups (broad SMARTS) is 1. The molecular weight excluding hydrogens is 286 g/mol. The molecule has 1 aliphatic rings. The van der Waals surface area contributed by atoms with Gasteiger partial charge in [-0.15, -0.1) is 11.3 Å². The average Bonchev–Trinajstić information content (AvgIpc) is 2.81. The first-order valence-electron chi connectivity index (χ1n) is 5.83. The van der Waals surface area contributed by atoms with E-state index in [-0.39, 0.29) is 11.7 Å². The van der Waals surface area contributed by atoms with Gasteiger partial charge in [-0.3, -0.25) is 0 Å². The molecule has 1 N–H and O–H groups in total. The van der Waals surface area contributed by atoms with Crippen LogP contribution in [0.3, 0.4) is 0 Å². The first kappa shape index (κ1) is 14.2. The molecule has 1 aromatic rings. The maximum Gasteiger partial charge on any atom is 0.328 e. The van der Waals surface area contributed by atoms with Crippen molar-refractivity contribution in [1.29, 1.82) is 0 Å². The van der Waals surface area contributed by atoms with Gasteiger partial charge in [0.05, 0.1) is 5.75 Å². The van der Waals surface area contributed by atoms with Crippen LogP contribution >= 0.6 is 11.3 Å². The molecule has 1 aliphatic heterocycles. The van der Waals surface area contributed by atoms with Crippen molar-refractivity contribution < 1.29 is 18.3 Å². The number of carbonyl (C=O) groups is 1. The summed E-state index contributed by atoms with van der Waals surface area (Å²) < 4.78 is 25.2. The molecule has 1 aromatic heterocycles. The molecule has 1 saturated heterocycles. The molecule has 0 bridgehead atoms. The van der Waals surface area contributed by atoms with Crippen LogP contribution in [0.5, 0.6) is 0 Å². The minimum absolute atomic E-state index is 0.163. The Bertz CT molecular complexity index is 603. The molecule has 1 atom stereocenters. The smallest absolute Gasteiger partial charge is 0.328 e. The fourth-order valence-corrected chi connectivity index (χ4v) is 4.85. The Balaban J connectivity index is 2.06. The maximum atomic E-state index is 11.8. The summed E-state index contributed by atoms with van der Waals surface area (Å²) in [5.74, 6) is -0.621. The molecule has 104 valence electrons. The van der Waals surface area contributed by atoms with Crippen molar-refractivity contribution in [2.75, 3.05) is 12.3 Å². The molecule has 0 radical (unpaired) electrons. The molecule has 0 aromatic carbocycles. The van der Waals surface area contributed by atoms with E-state index in [9.17, 15) is 13.2 Å². The van der Waals surface area contributed by atoms with Crippen molar-refractivity contribution in [2.24, 2.45) is 5.92 Å². The maximum absolute atomic E-state index is 11.8. The molecular formula is C12H15NO4S2. The summed E-state index contributed by atoms with van der Waals surface area (Å²) in [6.07, 6.45) is 2.57. The third kappa shape index (κ3) is 3.65. The fourth-order valence-electron chi connectivity index (χ4n) is 2.05. The van der Waals surface area contributed by atoms with Crippen LogP contribution in [0, 0.1) is 5.92 Å². The summed E-state index contributed by atoms with van der Waals surface area (Å²) in [7, 11) is -3.12. The lowest BCUT2D eigenvalue weighted by Crippen LogP contribution is -2.24. The zero-order chi connectivity index (χ0) is 14.0. The summed E-state index contributed by atoms with van der Waals surface area (Å²) in [5.41, 5.74) is 0.784. The van der Waals surface area contributed by atoms with Gasteiger partial charge in [0.2, 0.25) is 10.0 Å². The highest BCUT2D eigenvalue weighted by atomic mass is 32.2. The third-order valence-electron chi connectivity index (χ3n) is 2.83. The molecule has 2 rings (SSSR count). The standard InChI is InChI=1S/C12H15NO4S2/c1-9-5-13(19(16,17)8-9)6-11-4-10(7-18-11)2-3-12(14)15/h2-4,7,9H,5-6,8H2,1H3,(H,14,15). The van der Waals surface area contributed by atoms with Crippen molar-refractivity contribution in [3.63, 3.8) is 0 Å². The van der Waals surface area contributed by atoms with Crippen molar-refractivity contribution in [3.05, 3.63) is 28.0 Å². The van der Waals surface area contributed by atoms with Crippen molar-refractivity contribution in [3.8, 4) is 0 Å². The van der Waals surface area contributed by atoms with E-state index in [1.807, 2.05) is 18.4 Å². The molecule has 0 amide bonds. The Kier molecular flexibility index (Phi) is 4.07. The Labute approximate surface area is 116 Å². The van der Waals surface area contributed by atoms with Crippen LogP contribution in [0.2, 0.25) is 0 Å². The SMILES string of the molecule is CC1CN(Cc2cc(C=CC(=O)O)cs2)S(=O)(=O)C1. The van der Waals surface area contributed by atoms with Gasteiger partial charge < -0.3 is 5.11 Å². The predicted molar refractivity (Wildman–Crippen MR) is 74.3 cm³/mol. The highest BCUT2D eigenvalue weighted by Gasteiger charge is 2.33. The Hall–Kier alpha value is -1.18.